The summed E-state index contributed by atoms with van der Waals surface area (Å²) in [5.41, 5.74) is 3.18. The fourth-order valence-corrected chi connectivity index (χ4v) is 3.08. The van der Waals surface area contributed by atoms with Crippen LogP contribution in [0.25, 0.3) is 10.9 Å². The first-order valence-electron chi connectivity index (χ1n) is 7.19. The van der Waals surface area contributed by atoms with Crippen molar-refractivity contribution in [2.24, 2.45) is 0 Å². The van der Waals surface area contributed by atoms with Crippen molar-refractivity contribution in [3.05, 3.63) is 52.3 Å². The first-order valence-corrected chi connectivity index (χ1v) is 7.19. The molecule has 0 N–H and O–H groups in total. The molecule has 2 aromatic rings. The number of aryl methyl sites for hydroxylation is 2. The second-order valence-corrected chi connectivity index (χ2v) is 5.13. The predicted molar refractivity (Wildman–Crippen MR) is 81.6 cm³/mol. The lowest BCUT2D eigenvalue weighted by atomic mass is 9.98. The molecule has 0 amide bonds. The zero-order valence-electron chi connectivity index (χ0n) is 11.8. The lowest BCUT2D eigenvalue weighted by Crippen LogP contribution is -2.28. The normalized spacial score (nSPS) is 13.4. The molecule has 0 fully saturated rings. The number of aromatic nitrogens is 1. The van der Waals surface area contributed by atoms with Crippen LogP contribution in [0.2, 0.25) is 0 Å². The van der Waals surface area contributed by atoms with Gasteiger partial charge in [-0.15, -0.1) is 0 Å². The Morgan fingerprint density at radius 1 is 1.45 bits per heavy atom. The van der Waals surface area contributed by atoms with E-state index >= 15 is 0 Å². The van der Waals surface area contributed by atoms with Crippen molar-refractivity contribution < 1.29 is 4.74 Å². The number of nitrogens with zero attached hydrogens (tertiary/aromatic N) is 1. The Kier molecular flexibility index (Phi) is 3.35. The molecule has 0 saturated carbocycles. The molecule has 1 aromatic heterocycles. The Labute approximate surface area is 118 Å². The summed E-state index contributed by atoms with van der Waals surface area (Å²) in [4.78, 5) is 12.7. The van der Waals surface area contributed by atoms with Crippen molar-refractivity contribution in [1.29, 1.82) is 0 Å². The standard InChI is InChI=1S/C17H19NO2/c1-3-11-20-16-13(4-2)17(19)18-10-6-8-12-7-5-9-14(16)15(12)18/h3,5,7,9H,1,4,6,8,10-11H2,2H3. The number of pyridine rings is 1. The quantitative estimate of drug-likeness (QED) is 0.799. The van der Waals surface area contributed by atoms with Gasteiger partial charge in [-0.2, -0.15) is 0 Å². The van der Waals surface area contributed by atoms with E-state index in [0.717, 1.165) is 41.6 Å². The number of hydrogen-bond acceptors (Lipinski definition) is 2. The molecule has 0 saturated heterocycles. The number of para-hydroxylation sites is 1. The lowest BCUT2D eigenvalue weighted by molar-refractivity contribution is 0.362. The molecular weight excluding hydrogens is 250 g/mol. The van der Waals surface area contributed by atoms with Crippen molar-refractivity contribution in [3.63, 3.8) is 0 Å². The first-order chi connectivity index (χ1) is 9.77. The summed E-state index contributed by atoms with van der Waals surface area (Å²) in [6.45, 7) is 6.92. The van der Waals surface area contributed by atoms with Crippen LogP contribution in [0.1, 0.15) is 24.5 Å². The Morgan fingerprint density at radius 3 is 3.05 bits per heavy atom. The zero-order chi connectivity index (χ0) is 14.1. The van der Waals surface area contributed by atoms with Gasteiger partial charge in [0.05, 0.1) is 11.1 Å². The molecule has 0 spiro atoms. The minimum Gasteiger partial charge on any atom is -0.488 e. The van der Waals surface area contributed by atoms with Crippen LogP contribution in [0.3, 0.4) is 0 Å². The molecule has 3 heteroatoms. The summed E-state index contributed by atoms with van der Waals surface area (Å²) in [7, 11) is 0. The van der Waals surface area contributed by atoms with Crippen LogP contribution in [-0.4, -0.2) is 11.2 Å². The average Bonchev–Trinajstić information content (AvgIpc) is 2.49. The molecule has 0 bridgehead atoms. The summed E-state index contributed by atoms with van der Waals surface area (Å²) in [5.74, 6) is 0.743. The van der Waals surface area contributed by atoms with Crippen LogP contribution in [0.4, 0.5) is 0 Å². The molecule has 1 aliphatic heterocycles. The highest BCUT2D eigenvalue weighted by Gasteiger charge is 2.20. The van der Waals surface area contributed by atoms with Gasteiger partial charge in [0, 0.05) is 11.9 Å². The summed E-state index contributed by atoms with van der Waals surface area (Å²) in [6.07, 6.45) is 4.46. The topological polar surface area (TPSA) is 31.2 Å². The Hall–Kier alpha value is -2.03. The van der Waals surface area contributed by atoms with Crippen LogP contribution in [-0.2, 0) is 19.4 Å². The van der Waals surface area contributed by atoms with Gasteiger partial charge >= 0.3 is 0 Å². The van der Waals surface area contributed by atoms with Gasteiger partial charge in [-0.25, -0.2) is 0 Å². The summed E-state index contributed by atoms with van der Waals surface area (Å²) in [6, 6.07) is 6.22. The van der Waals surface area contributed by atoms with E-state index in [1.54, 1.807) is 6.08 Å². The zero-order valence-corrected chi connectivity index (χ0v) is 11.8. The third-order valence-electron chi connectivity index (χ3n) is 3.94. The second kappa shape index (κ2) is 5.16. The Morgan fingerprint density at radius 2 is 2.30 bits per heavy atom. The SMILES string of the molecule is C=CCOc1c(CC)c(=O)n2c3c(cccc13)CCC2. The summed E-state index contributed by atoms with van der Waals surface area (Å²) < 4.78 is 7.74. The van der Waals surface area contributed by atoms with Crippen LogP contribution in [0.15, 0.2) is 35.6 Å². The van der Waals surface area contributed by atoms with E-state index in [2.05, 4.69) is 24.8 Å². The second-order valence-electron chi connectivity index (χ2n) is 5.13. The maximum absolute atomic E-state index is 12.7. The van der Waals surface area contributed by atoms with Gasteiger partial charge in [-0.3, -0.25) is 4.79 Å². The molecule has 1 aromatic carbocycles. The highest BCUT2D eigenvalue weighted by Crippen LogP contribution is 2.32. The van der Waals surface area contributed by atoms with E-state index in [-0.39, 0.29) is 5.56 Å². The molecule has 1 aliphatic rings. The van der Waals surface area contributed by atoms with Gasteiger partial charge in [0.15, 0.2) is 0 Å². The summed E-state index contributed by atoms with van der Waals surface area (Å²) >= 11 is 0. The fourth-order valence-electron chi connectivity index (χ4n) is 3.08. The van der Waals surface area contributed by atoms with E-state index in [1.165, 1.54) is 5.56 Å². The molecule has 0 radical (unpaired) electrons. The number of benzene rings is 1. The molecule has 0 aliphatic carbocycles. The number of ether oxygens (including phenoxy) is 1. The predicted octanol–water partition coefficient (Wildman–Crippen LogP) is 3.07. The third-order valence-corrected chi connectivity index (χ3v) is 3.94. The molecule has 0 unspecified atom stereocenters. The van der Waals surface area contributed by atoms with E-state index in [4.69, 9.17) is 4.74 Å². The van der Waals surface area contributed by atoms with E-state index < -0.39 is 0 Å². The highest BCUT2D eigenvalue weighted by atomic mass is 16.5. The maximum Gasteiger partial charge on any atom is 0.257 e. The van der Waals surface area contributed by atoms with Crippen molar-refractivity contribution in [2.45, 2.75) is 32.7 Å². The van der Waals surface area contributed by atoms with E-state index in [0.29, 0.717) is 13.0 Å². The molecular formula is C17H19NO2. The third kappa shape index (κ3) is 1.85. The van der Waals surface area contributed by atoms with Gasteiger partial charge < -0.3 is 9.30 Å². The van der Waals surface area contributed by atoms with E-state index in [1.807, 2.05) is 11.5 Å². The molecule has 0 atom stereocenters. The first kappa shape index (κ1) is 13.0. The van der Waals surface area contributed by atoms with Crippen molar-refractivity contribution >= 4 is 10.9 Å². The monoisotopic (exact) mass is 269 g/mol. The van der Waals surface area contributed by atoms with Gasteiger partial charge in [0.25, 0.3) is 5.56 Å². The van der Waals surface area contributed by atoms with Crippen molar-refractivity contribution in [3.8, 4) is 5.75 Å². The van der Waals surface area contributed by atoms with Crippen LogP contribution in [0, 0.1) is 0 Å². The molecule has 20 heavy (non-hydrogen) atoms. The van der Waals surface area contributed by atoms with Crippen LogP contribution < -0.4 is 10.3 Å². The smallest absolute Gasteiger partial charge is 0.257 e. The lowest BCUT2D eigenvalue weighted by Gasteiger charge is -2.22. The average molecular weight is 269 g/mol. The minimum atomic E-state index is 0.103. The number of hydrogen-bond donors (Lipinski definition) is 0. The van der Waals surface area contributed by atoms with Gasteiger partial charge in [0.1, 0.15) is 12.4 Å². The molecule has 3 rings (SSSR count). The van der Waals surface area contributed by atoms with Crippen LogP contribution in [0.5, 0.6) is 5.75 Å². The summed E-state index contributed by atoms with van der Waals surface area (Å²) in [5, 5.41) is 1.06. The molecule has 3 nitrogen and oxygen atoms in total. The van der Waals surface area contributed by atoms with Gasteiger partial charge in [-0.05, 0) is 30.9 Å². The largest absolute Gasteiger partial charge is 0.488 e. The maximum atomic E-state index is 12.7. The van der Waals surface area contributed by atoms with Crippen molar-refractivity contribution in [1.82, 2.24) is 4.57 Å². The Bertz CT molecular complexity index is 728. The van der Waals surface area contributed by atoms with Crippen LogP contribution >= 0.6 is 0 Å². The highest BCUT2D eigenvalue weighted by molar-refractivity contribution is 5.89. The Balaban J connectivity index is 2.39. The molecule has 104 valence electrons. The van der Waals surface area contributed by atoms with E-state index in [9.17, 15) is 4.79 Å². The molecule has 2 heterocycles. The van der Waals surface area contributed by atoms with Gasteiger partial charge in [-0.1, -0.05) is 31.7 Å². The van der Waals surface area contributed by atoms with Crippen molar-refractivity contribution in [2.75, 3.05) is 6.61 Å². The van der Waals surface area contributed by atoms with Gasteiger partial charge in [0.2, 0.25) is 0 Å². The minimum absolute atomic E-state index is 0.103. The number of rotatable bonds is 4. The fraction of sp³-hybridized carbons (Fsp3) is 0.353.